The molecule has 1 N–H and O–H groups in total. The standard InChI is InChI=1S/C14H16N4O3S/c1-10-8-16-13(9-15-10)14(19)17-11-4-6-12(7-5-11)22(20,21)18(2)3/h4-9H,1-3H3,(H,17,19). The molecule has 8 heteroatoms. The van der Waals surface area contributed by atoms with Gasteiger partial charge in [0.05, 0.1) is 16.8 Å². The molecule has 0 aliphatic carbocycles. The summed E-state index contributed by atoms with van der Waals surface area (Å²) < 4.78 is 25.0. The van der Waals surface area contributed by atoms with Gasteiger partial charge in [-0.25, -0.2) is 17.7 Å². The van der Waals surface area contributed by atoms with Crippen molar-refractivity contribution >= 4 is 21.6 Å². The van der Waals surface area contributed by atoms with Gasteiger partial charge in [0.2, 0.25) is 10.0 Å². The van der Waals surface area contributed by atoms with Crippen molar-refractivity contribution in [1.82, 2.24) is 14.3 Å². The Morgan fingerprint density at radius 2 is 1.73 bits per heavy atom. The van der Waals surface area contributed by atoms with Crippen LogP contribution in [-0.4, -0.2) is 42.7 Å². The van der Waals surface area contributed by atoms with Gasteiger partial charge in [-0.2, -0.15) is 0 Å². The van der Waals surface area contributed by atoms with Crippen molar-refractivity contribution in [3.63, 3.8) is 0 Å². The third-order valence-electron chi connectivity index (χ3n) is 2.90. The van der Waals surface area contributed by atoms with Crippen LogP contribution in [-0.2, 0) is 10.0 Å². The van der Waals surface area contributed by atoms with Gasteiger partial charge in [0.1, 0.15) is 5.69 Å². The molecule has 0 saturated carbocycles. The first kappa shape index (κ1) is 16.1. The lowest BCUT2D eigenvalue weighted by Gasteiger charge is -2.11. The fourth-order valence-electron chi connectivity index (χ4n) is 1.63. The molecule has 0 atom stereocenters. The Bertz CT molecular complexity index is 769. The van der Waals surface area contributed by atoms with E-state index in [-0.39, 0.29) is 10.6 Å². The van der Waals surface area contributed by atoms with E-state index in [1.54, 1.807) is 6.92 Å². The lowest BCUT2D eigenvalue weighted by Crippen LogP contribution is -2.22. The van der Waals surface area contributed by atoms with Crippen molar-refractivity contribution in [3.05, 3.63) is 48.0 Å². The zero-order valence-corrected chi connectivity index (χ0v) is 13.3. The normalized spacial score (nSPS) is 11.5. The minimum absolute atomic E-state index is 0.158. The summed E-state index contributed by atoms with van der Waals surface area (Å²) in [6.45, 7) is 1.78. The maximum atomic E-state index is 12.0. The molecule has 1 amide bonds. The van der Waals surface area contributed by atoms with Crippen molar-refractivity contribution in [2.45, 2.75) is 11.8 Å². The van der Waals surface area contributed by atoms with Crippen molar-refractivity contribution in [1.29, 1.82) is 0 Å². The van der Waals surface area contributed by atoms with Crippen LogP contribution in [0.2, 0.25) is 0 Å². The molecule has 0 aliphatic rings. The molecule has 0 spiro atoms. The number of aromatic nitrogens is 2. The number of hydrogen-bond acceptors (Lipinski definition) is 5. The number of nitrogens with zero attached hydrogens (tertiary/aromatic N) is 3. The zero-order chi connectivity index (χ0) is 16.3. The number of rotatable bonds is 4. The number of carbonyl (C=O) groups is 1. The summed E-state index contributed by atoms with van der Waals surface area (Å²) in [6, 6.07) is 5.92. The number of nitrogens with one attached hydrogen (secondary N) is 1. The highest BCUT2D eigenvalue weighted by Crippen LogP contribution is 2.17. The van der Waals surface area contributed by atoms with E-state index in [1.807, 2.05) is 0 Å². The number of aryl methyl sites for hydroxylation is 1. The zero-order valence-electron chi connectivity index (χ0n) is 12.4. The highest BCUT2D eigenvalue weighted by atomic mass is 32.2. The van der Waals surface area contributed by atoms with Gasteiger partial charge in [-0.15, -0.1) is 0 Å². The van der Waals surface area contributed by atoms with Gasteiger partial charge in [0, 0.05) is 26.0 Å². The molecule has 0 fully saturated rings. The Morgan fingerprint density at radius 1 is 1.09 bits per heavy atom. The topological polar surface area (TPSA) is 92.3 Å². The van der Waals surface area contributed by atoms with Gasteiger partial charge >= 0.3 is 0 Å². The molecule has 0 radical (unpaired) electrons. The van der Waals surface area contributed by atoms with Gasteiger partial charge < -0.3 is 5.32 Å². The SMILES string of the molecule is Cc1cnc(C(=O)Nc2ccc(S(=O)(=O)N(C)C)cc2)cn1. The van der Waals surface area contributed by atoms with Gasteiger partial charge in [-0.3, -0.25) is 9.78 Å². The van der Waals surface area contributed by atoms with Gasteiger partial charge in [0.15, 0.2) is 0 Å². The van der Waals surface area contributed by atoms with Crippen LogP contribution < -0.4 is 5.32 Å². The van der Waals surface area contributed by atoms with Crippen LogP contribution >= 0.6 is 0 Å². The lowest BCUT2D eigenvalue weighted by atomic mass is 10.3. The summed E-state index contributed by atoms with van der Waals surface area (Å²) in [6.07, 6.45) is 2.89. The molecule has 22 heavy (non-hydrogen) atoms. The summed E-state index contributed by atoms with van der Waals surface area (Å²) >= 11 is 0. The van der Waals surface area contributed by atoms with E-state index in [2.05, 4.69) is 15.3 Å². The van der Waals surface area contributed by atoms with E-state index in [9.17, 15) is 13.2 Å². The summed E-state index contributed by atoms with van der Waals surface area (Å²) in [5, 5.41) is 2.64. The quantitative estimate of drug-likeness (QED) is 0.916. The molecule has 0 aliphatic heterocycles. The van der Waals surface area contributed by atoms with Gasteiger partial charge in [-0.1, -0.05) is 0 Å². The van der Waals surface area contributed by atoms with Gasteiger partial charge in [-0.05, 0) is 31.2 Å². The van der Waals surface area contributed by atoms with Crippen molar-refractivity contribution < 1.29 is 13.2 Å². The van der Waals surface area contributed by atoms with Crippen molar-refractivity contribution in [3.8, 4) is 0 Å². The molecule has 7 nitrogen and oxygen atoms in total. The number of sulfonamides is 1. The fourth-order valence-corrected chi connectivity index (χ4v) is 2.53. The molecule has 1 aromatic heterocycles. The number of amides is 1. The van der Waals surface area contributed by atoms with Crippen molar-refractivity contribution in [2.24, 2.45) is 0 Å². The summed E-state index contributed by atoms with van der Waals surface area (Å²) in [5.74, 6) is -0.407. The Labute approximate surface area is 129 Å². The van der Waals surface area contributed by atoms with E-state index in [0.29, 0.717) is 5.69 Å². The van der Waals surface area contributed by atoms with E-state index in [4.69, 9.17) is 0 Å². The molecule has 0 saturated heterocycles. The first-order valence-corrected chi connectivity index (χ1v) is 7.87. The van der Waals surface area contributed by atoms with Crippen LogP contribution in [0, 0.1) is 6.92 Å². The second kappa shape index (κ2) is 6.20. The van der Waals surface area contributed by atoms with E-state index >= 15 is 0 Å². The molecule has 0 unspecified atom stereocenters. The van der Waals surface area contributed by atoms with Crippen LogP contribution in [0.25, 0.3) is 0 Å². The second-order valence-corrected chi connectivity index (χ2v) is 6.96. The predicted octanol–water partition coefficient (Wildman–Crippen LogP) is 1.29. The predicted molar refractivity (Wildman–Crippen MR) is 82.0 cm³/mol. The number of hydrogen-bond donors (Lipinski definition) is 1. The maximum Gasteiger partial charge on any atom is 0.275 e. The third kappa shape index (κ3) is 3.46. The van der Waals surface area contributed by atoms with Crippen LogP contribution in [0.15, 0.2) is 41.6 Å². The summed E-state index contributed by atoms with van der Waals surface area (Å²) in [4.78, 5) is 20.1. The average molecular weight is 320 g/mol. The Morgan fingerprint density at radius 3 is 2.23 bits per heavy atom. The summed E-state index contributed by atoms with van der Waals surface area (Å²) in [7, 11) is -0.562. The van der Waals surface area contributed by atoms with Crippen molar-refractivity contribution in [2.75, 3.05) is 19.4 Å². The third-order valence-corrected chi connectivity index (χ3v) is 4.73. The number of carbonyl (C=O) groups excluding carboxylic acids is 1. The smallest absolute Gasteiger partial charge is 0.275 e. The maximum absolute atomic E-state index is 12.0. The minimum Gasteiger partial charge on any atom is -0.321 e. The Balaban J connectivity index is 2.15. The van der Waals surface area contributed by atoms with Crippen LogP contribution in [0.4, 0.5) is 5.69 Å². The largest absolute Gasteiger partial charge is 0.321 e. The first-order valence-electron chi connectivity index (χ1n) is 6.43. The molecular formula is C14H16N4O3S. The van der Waals surface area contributed by atoms with E-state index in [1.165, 1.54) is 50.8 Å². The second-order valence-electron chi connectivity index (χ2n) is 4.81. The van der Waals surface area contributed by atoms with Crippen LogP contribution in [0.5, 0.6) is 0 Å². The van der Waals surface area contributed by atoms with E-state index < -0.39 is 15.9 Å². The Kier molecular flexibility index (Phi) is 4.53. The van der Waals surface area contributed by atoms with E-state index in [0.717, 1.165) is 10.00 Å². The molecule has 2 rings (SSSR count). The lowest BCUT2D eigenvalue weighted by molar-refractivity contribution is 0.102. The molecule has 1 aromatic carbocycles. The van der Waals surface area contributed by atoms with Crippen LogP contribution in [0.3, 0.4) is 0 Å². The monoisotopic (exact) mass is 320 g/mol. The van der Waals surface area contributed by atoms with Gasteiger partial charge in [0.25, 0.3) is 5.91 Å². The minimum atomic E-state index is -3.48. The highest BCUT2D eigenvalue weighted by molar-refractivity contribution is 7.89. The molecule has 2 aromatic rings. The average Bonchev–Trinajstić information content (AvgIpc) is 2.48. The molecule has 116 valence electrons. The molecule has 0 bridgehead atoms. The number of anilines is 1. The Hall–Kier alpha value is -2.32. The first-order chi connectivity index (χ1) is 10.3. The number of benzene rings is 1. The summed E-state index contributed by atoms with van der Waals surface area (Å²) in [5.41, 5.74) is 1.38. The highest BCUT2D eigenvalue weighted by Gasteiger charge is 2.17. The molecule has 1 heterocycles. The van der Waals surface area contributed by atoms with Crippen LogP contribution in [0.1, 0.15) is 16.2 Å². The fraction of sp³-hybridized carbons (Fsp3) is 0.214. The molecular weight excluding hydrogens is 304 g/mol.